The molecule has 1 N–H and O–H groups in total. The average molecular weight is 510 g/mol. The van der Waals surface area contributed by atoms with Crippen LogP contribution < -0.4 is 4.90 Å². The molecule has 7 nitrogen and oxygen atoms in total. The van der Waals surface area contributed by atoms with Crippen molar-refractivity contribution in [2.75, 3.05) is 31.2 Å². The van der Waals surface area contributed by atoms with Crippen LogP contribution in [0.1, 0.15) is 42.3 Å². The zero-order valence-electron chi connectivity index (χ0n) is 20.8. The molecule has 36 heavy (non-hydrogen) atoms. The second-order valence-electron chi connectivity index (χ2n) is 8.32. The molecule has 1 atom stereocenters. The lowest BCUT2D eigenvalue weighted by Crippen LogP contribution is -2.36. The van der Waals surface area contributed by atoms with Crippen LogP contribution in [0.15, 0.2) is 42.7 Å². The summed E-state index contributed by atoms with van der Waals surface area (Å²) in [6, 6.07) is 10.5. The Hall–Kier alpha value is -3.20. The minimum atomic E-state index is -1.05. The van der Waals surface area contributed by atoms with Crippen LogP contribution >= 0.6 is 11.6 Å². The van der Waals surface area contributed by atoms with Crippen LogP contribution in [-0.4, -0.2) is 51.6 Å². The number of rotatable bonds is 4. The van der Waals surface area contributed by atoms with Gasteiger partial charge in [-0.15, -0.1) is 5.10 Å². The van der Waals surface area contributed by atoms with Gasteiger partial charge in [0, 0.05) is 35.3 Å². The highest BCUT2D eigenvalue weighted by Crippen LogP contribution is 2.35. The SMILES string of the molecule is CC.Cc1cc(F)c(-c2ncnc3cc(N4CCOCC4)ccc23)cc1C(O)c1cc(Cl)nnc1C. The first-order valence-corrected chi connectivity index (χ1v) is 12.4. The van der Waals surface area contributed by atoms with E-state index >= 15 is 4.39 Å². The molecule has 4 aromatic rings. The fraction of sp³-hybridized carbons (Fsp3) is 0.333. The molecule has 3 heterocycles. The molecule has 2 aromatic heterocycles. The maximum absolute atomic E-state index is 15.2. The number of ether oxygens (including phenoxy) is 1. The van der Waals surface area contributed by atoms with Crippen molar-refractivity contribution in [3.05, 3.63) is 76.1 Å². The van der Waals surface area contributed by atoms with E-state index in [0.29, 0.717) is 41.3 Å². The molecule has 5 rings (SSSR count). The second-order valence-corrected chi connectivity index (χ2v) is 8.71. The molecule has 0 radical (unpaired) electrons. The first-order valence-electron chi connectivity index (χ1n) is 12.0. The summed E-state index contributed by atoms with van der Waals surface area (Å²) in [5.41, 5.74) is 4.72. The zero-order valence-corrected chi connectivity index (χ0v) is 21.6. The number of halogens is 2. The molecule has 1 aliphatic rings. The second kappa shape index (κ2) is 11.2. The van der Waals surface area contributed by atoms with Gasteiger partial charge in [0.15, 0.2) is 5.15 Å². The first-order chi connectivity index (χ1) is 17.4. The van der Waals surface area contributed by atoms with Gasteiger partial charge in [-0.2, -0.15) is 5.10 Å². The van der Waals surface area contributed by atoms with Crippen molar-refractivity contribution in [3.8, 4) is 11.3 Å². The van der Waals surface area contributed by atoms with Gasteiger partial charge in [-0.25, -0.2) is 14.4 Å². The highest BCUT2D eigenvalue weighted by Gasteiger charge is 2.21. The number of hydrogen-bond acceptors (Lipinski definition) is 7. The van der Waals surface area contributed by atoms with Crippen LogP contribution in [0.5, 0.6) is 0 Å². The number of anilines is 1. The first kappa shape index (κ1) is 25.9. The van der Waals surface area contributed by atoms with E-state index < -0.39 is 11.9 Å². The largest absolute Gasteiger partial charge is 0.384 e. The van der Waals surface area contributed by atoms with Crippen molar-refractivity contribution in [1.29, 1.82) is 0 Å². The van der Waals surface area contributed by atoms with Crippen molar-refractivity contribution in [1.82, 2.24) is 20.2 Å². The van der Waals surface area contributed by atoms with Gasteiger partial charge in [-0.3, -0.25) is 0 Å². The summed E-state index contributed by atoms with van der Waals surface area (Å²) >= 11 is 6.00. The van der Waals surface area contributed by atoms with Crippen LogP contribution in [0.2, 0.25) is 5.15 Å². The number of aryl methyl sites for hydroxylation is 2. The molecule has 1 aliphatic heterocycles. The molecule has 188 valence electrons. The van der Waals surface area contributed by atoms with E-state index in [1.54, 1.807) is 26.0 Å². The van der Waals surface area contributed by atoms with Gasteiger partial charge >= 0.3 is 0 Å². The third-order valence-electron chi connectivity index (χ3n) is 6.18. The molecule has 9 heteroatoms. The fourth-order valence-corrected chi connectivity index (χ4v) is 4.49. The van der Waals surface area contributed by atoms with Crippen molar-refractivity contribution in [2.24, 2.45) is 0 Å². The lowest BCUT2D eigenvalue weighted by molar-refractivity contribution is 0.122. The molecule has 1 unspecified atom stereocenters. The summed E-state index contributed by atoms with van der Waals surface area (Å²) in [7, 11) is 0. The molecule has 1 saturated heterocycles. The Bertz CT molecular complexity index is 1380. The van der Waals surface area contributed by atoms with Gasteiger partial charge in [-0.1, -0.05) is 25.4 Å². The molecular weight excluding hydrogens is 481 g/mol. The van der Waals surface area contributed by atoms with E-state index in [9.17, 15) is 5.11 Å². The fourth-order valence-electron chi connectivity index (χ4n) is 4.33. The van der Waals surface area contributed by atoms with Crippen LogP contribution in [0, 0.1) is 19.7 Å². The van der Waals surface area contributed by atoms with E-state index in [0.717, 1.165) is 29.7 Å². The van der Waals surface area contributed by atoms with Crippen molar-refractivity contribution >= 4 is 28.2 Å². The Kier molecular flexibility index (Phi) is 8.08. The Morgan fingerprint density at radius 2 is 1.75 bits per heavy atom. The molecule has 0 saturated carbocycles. The Labute approximate surface area is 214 Å². The smallest absolute Gasteiger partial charge is 0.152 e. The van der Waals surface area contributed by atoms with Gasteiger partial charge < -0.3 is 14.7 Å². The minimum Gasteiger partial charge on any atom is -0.384 e. The van der Waals surface area contributed by atoms with E-state index in [4.69, 9.17) is 16.3 Å². The molecule has 2 aromatic carbocycles. The predicted molar refractivity (Wildman–Crippen MR) is 140 cm³/mol. The number of hydrogen-bond donors (Lipinski definition) is 1. The standard InChI is InChI=1S/C25H23ClFN5O2.C2H6/c1-14-9-21(27)20(11-18(14)25(33)19-12-23(26)31-30-15(19)2)24-17-4-3-16(10-22(17)28-13-29-24)32-5-7-34-8-6-32;1-2/h3-4,9-13,25,33H,5-8H2,1-2H3;1-2H3. The van der Waals surface area contributed by atoms with Gasteiger partial charge in [0.25, 0.3) is 0 Å². The molecular formula is C27H29ClFN5O2. The van der Waals surface area contributed by atoms with Crippen LogP contribution in [0.3, 0.4) is 0 Å². The summed E-state index contributed by atoms with van der Waals surface area (Å²) in [5, 5.41) is 19.8. The summed E-state index contributed by atoms with van der Waals surface area (Å²) in [6.45, 7) is 10.5. The van der Waals surface area contributed by atoms with Crippen molar-refractivity contribution < 1.29 is 14.2 Å². The third-order valence-corrected chi connectivity index (χ3v) is 6.37. The molecule has 0 amide bonds. The summed E-state index contributed by atoms with van der Waals surface area (Å²) < 4.78 is 20.7. The number of aromatic nitrogens is 4. The van der Waals surface area contributed by atoms with Crippen LogP contribution in [-0.2, 0) is 4.74 Å². The number of fused-ring (bicyclic) bond motifs is 1. The summed E-state index contributed by atoms with van der Waals surface area (Å²) in [4.78, 5) is 11.1. The van der Waals surface area contributed by atoms with Crippen molar-refractivity contribution in [3.63, 3.8) is 0 Å². The summed E-state index contributed by atoms with van der Waals surface area (Å²) in [5.74, 6) is -0.423. The Balaban J connectivity index is 0.00000148. The highest BCUT2D eigenvalue weighted by atomic mass is 35.5. The normalized spacial score (nSPS) is 14.4. The summed E-state index contributed by atoms with van der Waals surface area (Å²) in [6.07, 6.45) is 0.390. The lowest BCUT2D eigenvalue weighted by Gasteiger charge is -2.29. The van der Waals surface area contributed by atoms with E-state index in [1.165, 1.54) is 12.4 Å². The monoisotopic (exact) mass is 509 g/mol. The molecule has 1 fully saturated rings. The number of benzene rings is 2. The van der Waals surface area contributed by atoms with Gasteiger partial charge in [0.05, 0.1) is 30.1 Å². The average Bonchev–Trinajstić information content (AvgIpc) is 2.91. The quantitative estimate of drug-likeness (QED) is 0.392. The van der Waals surface area contributed by atoms with Gasteiger partial charge in [0.1, 0.15) is 18.2 Å². The molecule has 0 bridgehead atoms. The highest BCUT2D eigenvalue weighted by molar-refractivity contribution is 6.29. The van der Waals surface area contributed by atoms with E-state index in [-0.39, 0.29) is 10.7 Å². The number of morpholine rings is 1. The molecule has 0 aliphatic carbocycles. The van der Waals surface area contributed by atoms with Gasteiger partial charge in [-0.05, 0) is 61.4 Å². The zero-order chi connectivity index (χ0) is 25.8. The third kappa shape index (κ3) is 5.16. The predicted octanol–water partition coefficient (Wildman–Crippen LogP) is 5.44. The number of aliphatic hydroxyl groups excluding tert-OH is 1. The molecule has 0 spiro atoms. The van der Waals surface area contributed by atoms with Crippen LogP contribution in [0.4, 0.5) is 10.1 Å². The van der Waals surface area contributed by atoms with Crippen molar-refractivity contribution in [2.45, 2.75) is 33.8 Å². The Morgan fingerprint density at radius 3 is 2.50 bits per heavy atom. The minimum absolute atomic E-state index is 0.178. The van der Waals surface area contributed by atoms with E-state index in [1.807, 2.05) is 32.0 Å². The topological polar surface area (TPSA) is 84.3 Å². The van der Waals surface area contributed by atoms with Crippen LogP contribution in [0.25, 0.3) is 22.2 Å². The maximum Gasteiger partial charge on any atom is 0.152 e. The number of aliphatic hydroxyl groups is 1. The van der Waals surface area contributed by atoms with E-state index in [2.05, 4.69) is 25.1 Å². The maximum atomic E-state index is 15.2. The lowest BCUT2D eigenvalue weighted by atomic mass is 9.93. The number of nitrogens with zero attached hydrogens (tertiary/aromatic N) is 5. The Morgan fingerprint density at radius 1 is 1.00 bits per heavy atom. The van der Waals surface area contributed by atoms with Gasteiger partial charge in [0.2, 0.25) is 0 Å².